The number of amidine groups is 1. The van der Waals surface area contributed by atoms with Gasteiger partial charge in [0.1, 0.15) is 10.8 Å². The normalized spacial score (nSPS) is 11.5. The zero-order valence-corrected chi connectivity index (χ0v) is 18.3. The Morgan fingerprint density at radius 1 is 1.19 bits per heavy atom. The van der Waals surface area contributed by atoms with Gasteiger partial charge in [-0.2, -0.15) is 5.10 Å². The lowest BCUT2D eigenvalue weighted by atomic mass is 10.2. The van der Waals surface area contributed by atoms with Crippen molar-refractivity contribution in [3.05, 3.63) is 76.7 Å². The molecule has 0 saturated carbocycles. The minimum atomic E-state index is 0.221. The molecule has 4 aromatic rings. The van der Waals surface area contributed by atoms with Crippen molar-refractivity contribution >= 4 is 17.2 Å². The number of nitrogens with zero attached hydrogens (tertiary/aromatic N) is 5. The molecule has 0 saturated heterocycles. The van der Waals surface area contributed by atoms with Crippen molar-refractivity contribution in [1.29, 1.82) is 0 Å². The summed E-state index contributed by atoms with van der Waals surface area (Å²) in [6.07, 6.45) is 1.65. The molecule has 9 heteroatoms. The molecule has 0 aliphatic heterocycles. The van der Waals surface area contributed by atoms with Crippen molar-refractivity contribution in [2.75, 3.05) is 7.11 Å². The number of hydrogen-bond acceptors (Lipinski definition) is 7. The molecule has 0 atom stereocenters. The van der Waals surface area contributed by atoms with Crippen LogP contribution in [0.25, 0.3) is 16.4 Å². The fraction of sp³-hybridized carbons (Fsp3) is 0.182. The van der Waals surface area contributed by atoms with Crippen molar-refractivity contribution in [2.24, 2.45) is 10.9 Å². The van der Waals surface area contributed by atoms with Gasteiger partial charge in [0.2, 0.25) is 0 Å². The second kappa shape index (κ2) is 8.97. The van der Waals surface area contributed by atoms with Crippen LogP contribution in [0.5, 0.6) is 5.75 Å². The number of thiazole rings is 1. The average Bonchev–Trinajstić information content (AvgIpc) is 3.39. The van der Waals surface area contributed by atoms with Crippen LogP contribution in [0.2, 0.25) is 0 Å². The average molecular weight is 435 g/mol. The van der Waals surface area contributed by atoms with Crippen LogP contribution in [0.15, 0.2) is 59.2 Å². The van der Waals surface area contributed by atoms with Crippen molar-refractivity contribution in [3.8, 4) is 22.1 Å². The molecule has 0 aliphatic carbocycles. The summed E-state index contributed by atoms with van der Waals surface area (Å²) in [5, 5.41) is 11.2. The van der Waals surface area contributed by atoms with E-state index in [1.807, 2.05) is 61.7 Å². The molecule has 31 heavy (non-hydrogen) atoms. The van der Waals surface area contributed by atoms with Crippen LogP contribution in [-0.2, 0) is 11.4 Å². The largest absolute Gasteiger partial charge is 0.497 e. The molecule has 8 nitrogen and oxygen atoms in total. The number of oxime groups is 1. The summed E-state index contributed by atoms with van der Waals surface area (Å²) in [6.45, 7) is 4.15. The van der Waals surface area contributed by atoms with Crippen LogP contribution in [0.4, 0.5) is 0 Å². The third-order valence-electron chi connectivity index (χ3n) is 4.51. The molecule has 3 heterocycles. The van der Waals surface area contributed by atoms with Crippen LogP contribution in [0, 0.1) is 13.8 Å². The van der Waals surface area contributed by atoms with E-state index < -0.39 is 0 Å². The van der Waals surface area contributed by atoms with Gasteiger partial charge in [0.05, 0.1) is 18.5 Å². The molecular weight excluding hydrogens is 412 g/mol. The lowest BCUT2D eigenvalue weighted by molar-refractivity contribution is 0.128. The molecule has 0 spiro atoms. The number of methoxy groups -OCH3 is 1. The van der Waals surface area contributed by atoms with Gasteiger partial charge in [-0.05, 0) is 44.2 Å². The molecule has 2 N–H and O–H groups in total. The first kappa shape index (κ1) is 20.5. The van der Waals surface area contributed by atoms with Crippen LogP contribution in [0.1, 0.15) is 22.6 Å². The summed E-state index contributed by atoms with van der Waals surface area (Å²) in [7, 11) is 1.64. The summed E-state index contributed by atoms with van der Waals surface area (Å²) in [5.41, 5.74) is 10.4. The fourth-order valence-electron chi connectivity index (χ4n) is 3.01. The smallest absolute Gasteiger partial charge is 0.171 e. The van der Waals surface area contributed by atoms with Gasteiger partial charge in [0, 0.05) is 28.4 Å². The maximum Gasteiger partial charge on any atom is 0.171 e. The van der Waals surface area contributed by atoms with Crippen molar-refractivity contribution in [2.45, 2.75) is 20.5 Å². The number of pyridine rings is 1. The zero-order valence-electron chi connectivity index (χ0n) is 17.4. The van der Waals surface area contributed by atoms with E-state index in [0.29, 0.717) is 5.56 Å². The molecule has 3 aromatic heterocycles. The van der Waals surface area contributed by atoms with E-state index >= 15 is 0 Å². The lowest BCUT2D eigenvalue weighted by Gasteiger charge is -2.05. The second-order valence-corrected chi connectivity index (χ2v) is 7.73. The quantitative estimate of drug-likeness (QED) is 0.269. The third-order valence-corrected chi connectivity index (χ3v) is 5.45. The van der Waals surface area contributed by atoms with Gasteiger partial charge in [-0.15, -0.1) is 11.3 Å². The maximum atomic E-state index is 6.04. The summed E-state index contributed by atoms with van der Waals surface area (Å²) >= 11 is 1.53. The predicted octanol–water partition coefficient (Wildman–Crippen LogP) is 3.85. The summed E-state index contributed by atoms with van der Waals surface area (Å²) in [5.74, 6) is 1.76. The van der Waals surface area contributed by atoms with E-state index in [9.17, 15) is 0 Å². The molecule has 0 amide bonds. The Bertz CT molecular complexity index is 1210. The maximum absolute atomic E-state index is 6.04. The number of ether oxygens (including phenoxy) is 1. The Hall–Kier alpha value is -3.72. The highest BCUT2D eigenvalue weighted by atomic mass is 32.1. The molecule has 0 aliphatic rings. The molecule has 0 bridgehead atoms. The number of aryl methyl sites for hydroxylation is 2. The van der Waals surface area contributed by atoms with Crippen molar-refractivity contribution in [1.82, 2.24) is 19.7 Å². The Kier molecular flexibility index (Phi) is 5.94. The Labute approximate surface area is 184 Å². The third kappa shape index (κ3) is 4.72. The molecule has 158 valence electrons. The first-order valence-corrected chi connectivity index (χ1v) is 10.5. The predicted molar refractivity (Wildman–Crippen MR) is 120 cm³/mol. The standard InChI is InChI=1S/C22H22N6O2S/c1-14-9-15(2)28(26-14)20-8-7-17(11-24-20)21(23)27-30-12-18-13-31-22(25-18)16-5-4-6-19(10-16)29-3/h4-11,13H,12H2,1-3H3,(H2,23,27). The highest BCUT2D eigenvalue weighted by Crippen LogP contribution is 2.27. The minimum absolute atomic E-state index is 0.221. The van der Waals surface area contributed by atoms with E-state index in [1.165, 1.54) is 11.3 Å². The van der Waals surface area contributed by atoms with E-state index in [4.69, 9.17) is 15.3 Å². The highest BCUT2D eigenvalue weighted by molar-refractivity contribution is 7.13. The van der Waals surface area contributed by atoms with Gasteiger partial charge in [-0.25, -0.2) is 14.6 Å². The van der Waals surface area contributed by atoms with E-state index in [0.717, 1.165) is 39.2 Å². The van der Waals surface area contributed by atoms with Gasteiger partial charge in [-0.3, -0.25) is 0 Å². The van der Waals surface area contributed by atoms with Gasteiger partial charge in [-0.1, -0.05) is 17.3 Å². The molecule has 1 aromatic carbocycles. The molecule has 0 fully saturated rings. The topological polar surface area (TPSA) is 100 Å². The second-order valence-electron chi connectivity index (χ2n) is 6.87. The van der Waals surface area contributed by atoms with Gasteiger partial charge >= 0.3 is 0 Å². The highest BCUT2D eigenvalue weighted by Gasteiger charge is 2.08. The van der Waals surface area contributed by atoms with Crippen molar-refractivity contribution < 1.29 is 9.57 Å². The van der Waals surface area contributed by atoms with Gasteiger partial charge in [0.15, 0.2) is 18.3 Å². The Morgan fingerprint density at radius 2 is 2.06 bits per heavy atom. The number of benzene rings is 1. The van der Waals surface area contributed by atoms with E-state index in [1.54, 1.807) is 18.0 Å². The van der Waals surface area contributed by atoms with Crippen LogP contribution in [-0.4, -0.2) is 32.7 Å². The van der Waals surface area contributed by atoms with Crippen molar-refractivity contribution in [3.63, 3.8) is 0 Å². The fourth-order valence-corrected chi connectivity index (χ4v) is 3.81. The van der Waals surface area contributed by atoms with Crippen LogP contribution < -0.4 is 10.5 Å². The van der Waals surface area contributed by atoms with E-state index in [2.05, 4.69) is 20.2 Å². The molecule has 4 rings (SSSR count). The lowest BCUT2D eigenvalue weighted by Crippen LogP contribution is -2.15. The summed E-state index contributed by atoms with van der Waals surface area (Å²) < 4.78 is 7.05. The molecule has 0 unspecified atom stereocenters. The minimum Gasteiger partial charge on any atom is -0.497 e. The first-order valence-electron chi connectivity index (χ1n) is 9.58. The summed E-state index contributed by atoms with van der Waals surface area (Å²) in [6, 6.07) is 13.5. The monoisotopic (exact) mass is 434 g/mol. The zero-order chi connectivity index (χ0) is 21.8. The first-order chi connectivity index (χ1) is 15.0. The van der Waals surface area contributed by atoms with Crippen LogP contribution >= 0.6 is 11.3 Å². The number of aromatic nitrogens is 4. The molecule has 0 radical (unpaired) electrons. The number of rotatable bonds is 7. The van der Waals surface area contributed by atoms with E-state index in [-0.39, 0.29) is 12.4 Å². The van der Waals surface area contributed by atoms with Gasteiger partial charge in [0.25, 0.3) is 0 Å². The Morgan fingerprint density at radius 3 is 2.77 bits per heavy atom. The summed E-state index contributed by atoms with van der Waals surface area (Å²) in [4.78, 5) is 14.4. The van der Waals surface area contributed by atoms with Gasteiger partial charge < -0.3 is 15.3 Å². The van der Waals surface area contributed by atoms with Crippen LogP contribution in [0.3, 0.4) is 0 Å². The SMILES string of the molecule is COc1cccc(-c2nc(CO/N=C(/N)c3ccc(-n4nc(C)cc4C)nc3)cs2)c1. The Balaban J connectivity index is 1.39. The molecular formula is C22H22N6O2S. The number of nitrogens with two attached hydrogens (primary N) is 1. The number of hydrogen-bond donors (Lipinski definition) is 1.